The molecule has 0 fully saturated rings. The van der Waals surface area contributed by atoms with Crippen LogP contribution < -0.4 is 10.2 Å². The van der Waals surface area contributed by atoms with Crippen molar-refractivity contribution in [1.29, 1.82) is 0 Å². The van der Waals surface area contributed by atoms with E-state index in [0.717, 1.165) is 5.69 Å². The van der Waals surface area contributed by atoms with Crippen LogP contribution in [-0.4, -0.2) is 31.1 Å². The summed E-state index contributed by atoms with van der Waals surface area (Å²) in [5, 5.41) is 12.0. The molecule has 1 aliphatic carbocycles. The summed E-state index contributed by atoms with van der Waals surface area (Å²) in [6.45, 7) is 0. The summed E-state index contributed by atoms with van der Waals surface area (Å²) in [4.78, 5) is 25.5. The highest BCUT2D eigenvalue weighted by atomic mass is 16.4. The lowest BCUT2D eigenvalue weighted by atomic mass is 9.82. The van der Waals surface area contributed by atoms with Crippen molar-refractivity contribution in [2.45, 2.75) is 12.8 Å². The van der Waals surface area contributed by atoms with E-state index in [9.17, 15) is 14.7 Å². The van der Waals surface area contributed by atoms with Crippen molar-refractivity contribution >= 4 is 23.3 Å². The molecular formula is C16H20N2O3. The average Bonchev–Trinajstić information content (AvgIpc) is 2.47. The number of carbonyl (C=O) groups is 2. The Balaban J connectivity index is 2.06. The van der Waals surface area contributed by atoms with Gasteiger partial charge >= 0.3 is 5.97 Å². The monoisotopic (exact) mass is 288 g/mol. The Morgan fingerprint density at radius 1 is 1.10 bits per heavy atom. The van der Waals surface area contributed by atoms with Crippen LogP contribution in [0.2, 0.25) is 0 Å². The largest absolute Gasteiger partial charge is 0.481 e. The Labute approximate surface area is 124 Å². The summed E-state index contributed by atoms with van der Waals surface area (Å²) in [7, 11) is 3.89. The molecule has 2 atom stereocenters. The molecule has 0 aliphatic heterocycles. The molecular weight excluding hydrogens is 268 g/mol. The number of rotatable bonds is 4. The van der Waals surface area contributed by atoms with Gasteiger partial charge in [0.15, 0.2) is 0 Å². The first kappa shape index (κ1) is 15.1. The van der Waals surface area contributed by atoms with Crippen LogP contribution in [0, 0.1) is 11.8 Å². The minimum Gasteiger partial charge on any atom is -0.481 e. The van der Waals surface area contributed by atoms with Gasteiger partial charge in [-0.1, -0.05) is 12.2 Å². The third kappa shape index (κ3) is 3.62. The summed E-state index contributed by atoms with van der Waals surface area (Å²) in [6, 6.07) is 7.46. The van der Waals surface area contributed by atoms with E-state index in [4.69, 9.17) is 0 Å². The second-order valence-corrected chi connectivity index (χ2v) is 5.42. The number of nitrogens with one attached hydrogen (secondary N) is 1. The van der Waals surface area contributed by atoms with E-state index in [1.54, 1.807) is 0 Å². The van der Waals surface area contributed by atoms with Gasteiger partial charge in [0.05, 0.1) is 11.8 Å². The zero-order valence-electron chi connectivity index (χ0n) is 12.2. The molecule has 1 aromatic carbocycles. The van der Waals surface area contributed by atoms with Crippen molar-refractivity contribution in [1.82, 2.24) is 0 Å². The highest BCUT2D eigenvalue weighted by Gasteiger charge is 2.33. The minimum atomic E-state index is -0.914. The van der Waals surface area contributed by atoms with Crippen LogP contribution in [-0.2, 0) is 9.59 Å². The van der Waals surface area contributed by atoms with Gasteiger partial charge < -0.3 is 15.3 Å². The fourth-order valence-corrected chi connectivity index (χ4v) is 2.45. The molecule has 5 heteroatoms. The SMILES string of the molecule is CN(C)c1ccc(NC(=O)[C@H]2CC=CC[C@H]2C(=O)O)cc1. The van der Waals surface area contributed by atoms with E-state index in [2.05, 4.69) is 5.32 Å². The van der Waals surface area contributed by atoms with Crippen LogP contribution >= 0.6 is 0 Å². The van der Waals surface area contributed by atoms with E-state index in [-0.39, 0.29) is 5.91 Å². The van der Waals surface area contributed by atoms with Crippen molar-refractivity contribution < 1.29 is 14.7 Å². The van der Waals surface area contributed by atoms with E-state index >= 15 is 0 Å². The molecule has 0 aromatic heterocycles. The maximum Gasteiger partial charge on any atom is 0.307 e. The van der Waals surface area contributed by atoms with Crippen molar-refractivity contribution in [2.24, 2.45) is 11.8 Å². The average molecular weight is 288 g/mol. The third-order valence-corrected chi connectivity index (χ3v) is 3.74. The van der Waals surface area contributed by atoms with Gasteiger partial charge in [0.1, 0.15) is 0 Å². The lowest BCUT2D eigenvalue weighted by molar-refractivity contribution is -0.146. The zero-order chi connectivity index (χ0) is 15.4. The number of nitrogens with zero attached hydrogens (tertiary/aromatic N) is 1. The molecule has 1 amide bonds. The Morgan fingerprint density at radius 2 is 1.67 bits per heavy atom. The van der Waals surface area contributed by atoms with E-state index in [1.807, 2.05) is 55.4 Å². The molecule has 2 N–H and O–H groups in total. The Hall–Kier alpha value is -2.30. The Bertz CT molecular complexity index is 549. The second-order valence-electron chi connectivity index (χ2n) is 5.42. The standard InChI is InChI=1S/C16H20N2O3/c1-18(2)12-9-7-11(8-10-12)17-15(19)13-5-3-4-6-14(13)16(20)21/h3-4,7-10,13-14H,5-6H2,1-2H3,(H,17,19)(H,20,21)/t13-,14+/m0/s1. The van der Waals surface area contributed by atoms with Crippen LogP contribution in [0.1, 0.15) is 12.8 Å². The number of carbonyl (C=O) groups excluding carboxylic acids is 1. The van der Waals surface area contributed by atoms with Crippen LogP contribution in [0.25, 0.3) is 0 Å². The first-order valence-corrected chi connectivity index (χ1v) is 6.95. The number of carboxylic acids is 1. The summed E-state index contributed by atoms with van der Waals surface area (Å²) >= 11 is 0. The number of hydrogen-bond donors (Lipinski definition) is 2. The molecule has 5 nitrogen and oxygen atoms in total. The van der Waals surface area contributed by atoms with Gasteiger partial charge in [-0.3, -0.25) is 9.59 Å². The molecule has 0 heterocycles. The van der Waals surface area contributed by atoms with Crippen LogP contribution in [0.15, 0.2) is 36.4 Å². The molecule has 1 aliphatic rings. The van der Waals surface area contributed by atoms with Gasteiger partial charge in [-0.2, -0.15) is 0 Å². The Morgan fingerprint density at radius 3 is 2.19 bits per heavy atom. The fraction of sp³-hybridized carbons (Fsp3) is 0.375. The number of benzene rings is 1. The number of allylic oxidation sites excluding steroid dienone is 2. The summed E-state index contributed by atoms with van der Waals surface area (Å²) < 4.78 is 0. The van der Waals surface area contributed by atoms with Crippen molar-refractivity contribution in [3.05, 3.63) is 36.4 Å². The molecule has 21 heavy (non-hydrogen) atoms. The van der Waals surface area contributed by atoms with Crippen molar-refractivity contribution in [3.63, 3.8) is 0 Å². The number of hydrogen-bond acceptors (Lipinski definition) is 3. The number of anilines is 2. The summed E-state index contributed by atoms with van der Waals surface area (Å²) in [6.07, 6.45) is 4.58. The predicted molar refractivity (Wildman–Crippen MR) is 82.4 cm³/mol. The van der Waals surface area contributed by atoms with E-state index in [0.29, 0.717) is 18.5 Å². The first-order valence-electron chi connectivity index (χ1n) is 6.95. The quantitative estimate of drug-likeness (QED) is 0.834. The smallest absolute Gasteiger partial charge is 0.307 e. The van der Waals surface area contributed by atoms with E-state index < -0.39 is 17.8 Å². The molecule has 1 aromatic rings. The van der Waals surface area contributed by atoms with Gasteiger partial charge in [0.25, 0.3) is 0 Å². The molecule has 0 saturated heterocycles. The summed E-state index contributed by atoms with van der Waals surface area (Å²) in [5.74, 6) is -2.30. The van der Waals surface area contributed by atoms with Crippen LogP contribution in [0.5, 0.6) is 0 Å². The maximum atomic E-state index is 12.3. The fourth-order valence-electron chi connectivity index (χ4n) is 2.45. The number of aliphatic carboxylic acids is 1. The Kier molecular flexibility index (Phi) is 4.62. The maximum absolute atomic E-state index is 12.3. The van der Waals surface area contributed by atoms with Gasteiger partial charge in [-0.05, 0) is 37.1 Å². The molecule has 0 unspecified atom stereocenters. The molecule has 0 spiro atoms. The van der Waals surface area contributed by atoms with Gasteiger partial charge in [0.2, 0.25) is 5.91 Å². The number of amides is 1. The zero-order valence-corrected chi connectivity index (χ0v) is 12.2. The second kappa shape index (κ2) is 6.43. The highest BCUT2D eigenvalue weighted by Crippen LogP contribution is 2.27. The van der Waals surface area contributed by atoms with Crippen molar-refractivity contribution in [2.75, 3.05) is 24.3 Å². The van der Waals surface area contributed by atoms with Crippen LogP contribution in [0.3, 0.4) is 0 Å². The molecule has 0 saturated carbocycles. The van der Waals surface area contributed by atoms with Gasteiger partial charge in [-0.15, -0.1) is 0 Å². The predicted octanol–water partition coefficient (Wildman–Crippen LogP) is 2.36. The number of carboxylic acid groups (broad SMARTS) is 1. The topological polar surface area (TPSA) is 69.6 Å². The third-order valence-electron chi connectivity index (χ3n) is 3.74. The van der Waals surface area contributed by atoms with Gasteiger partial charge in [-0.25, -0.2) is 0 Å². The van der Waals surface area contributed by atoms with Crippen LogP contribution in [0.4, 0.5) is 11.4 Å². The first-order chi connectivity index (χ1) is 9.99. The lowest BCUT2D eigenvalue weighted by Crippen LogP contribution is -2.34. The molecule has 0 radical (unpaired) electrons. The highest BCUT2D eigenvalue weighted by molar-refractivity contribution is 5.95. The van der Waals surface area contributed by atoms with Gasteiger partial charge in [0, 0.05) is 25.5 Å². The molecule has 0 bridgehead atoms. The van der Waals surface area contributed by atoms with E-state index in [1.165, 1.54) is 0 Å². The molecule has 2 rings (SSSR count). The normalized spacial score (nSPS) is 20.9. The summed E-state index contributed by atoms with van der Waals surface area (Å²) in [5.41, 5.74) is 1.72. The van der Waals surface area contributed by atoms with Crippen molar-refractivity contribution in [3.8, 4) is 0 Å². The minimum absolute atomic E-state index is 0.232. The lowest BCUT2D eigenvalue weighted by Gasteiger charge is -2.24. The molecule has 112 valence electrons.